The molecular formula is C7H14O5S. The minimum absolute atomic E-state index is 0.466. The van der Waals surface area contributed by atoms with Crippen molar-refractivity contribution in [2.24, 2.45) is 5.92 Å². The van der Waals surface area contributed by atoms with Gasteiger partial charge in [-0.15, -0.1) is 11.8 Å². The fourth-order valence-corrected chi connectivity index (χ4v) is 2.33. The second kappa shape index (κ2) is 3.72. The summed E-state index contributed by atoms with van der Waals surface area (Å²) in [5.74, 6) is -0.884. The van der Waals surface area contributed by atoms with E-state index in [4.69, 9.17) is 10.2 Å². The largest absolute Gasteiger partial charge is 0.396 e. The van der Waals surface area contributed by atoms with Crippen LogP contribution in [0.3, 0.4) is 0 Å². The van der Waals surface area contributed by atoms with Gasteiger partial charge in [-0.05, 0) is 6.26 Å². The van der Waals surface area contributed by atoms with Crippen LogP contribution in [0.4, 0.5) is 0 Å². The van der Waals surface area contributed by atoms with E-state index in [0.717, 1.165) is 11.8 Å². The Kier molecular flexibility index (Phi) is 3.21. The van der Waals surface area contributed by atoms with Crippen LogP contribution in [0.15, 0.2) is 0 Å². The zero-order valence-electron chi connectivity index (χ0n) is 7.16. The number of hydrogen-bond donors (Lipinski definition) is 5. The molecule has 0 aliphatic heterocycles. The van der Waals surface area contributed by atoms with E-state index in [2.05, 4.69) is 0 Å². The van der Waals surface area contributed by atoms with E-state index in [1.54, 1.807) is 6.26 Å². The fraction of sp³-hybridized carbons (Fsp3) is 1.00. The van der Waals surface area contributed by atoms with Gasteiger partial charge >= 0.3 is 0 Å². The van der Waals surface area contributed by atoms with E-state index < -0.39 is 35.8 Å². The lowest BCUT2D eigenvalue weighted by Gasteiger charge is -2.54. The molecule has 1 fully saturated rings. The topological polar surface area (TPSA) is 101 Å². The van der Waals surface area contributed by atoms with Crippen LogP contribution in [0.5, 0.6) is 0 Å². The molecule has 5 atom stereocenters. The lowest BCUT2D eigenvalue weighted by atomic mass is 9.65. The second-order valence-corrected chi connectivity index (χ2v) is 4.12. The van der Waals surface area contributed by atoms with Crippen LogP contribution >= 0.6 is 11.8 Å². The molecule has 0 heterocycles. The Balaban J connectivity index is 2.77. The quantitative estimate of drug-likeness (QED) is 0.337. The van der Waals surface area contributed by atoms with Crippen LogP contribution in [0.1, 0.15) is 0 Å². The van der Waals surface area contributed by atoms with Gasteiger partial charge in [0.15, 0.2) is 0 Å². The van der Waals surface area contributed by atoms with Crippen LogP contribution in [0, 0.1) is 5.92 Å². The average Bonchev–Trinajstić information content (AvgIpc) is 2.16. The molecule has 0 aromatic rings. The SMILES string of the molecule is CS[C@H](O)C1(O)C(O)[C@H](O)C1CO. The maximum absolute atomic E-state index is 9.74. The Hall–Kier alpha value is 0.150. The molecule has 0 bridgehead atoms. The molecule has 1 aliphatic rings. The molecule has 5 nitrogen and oxygen atoms in total. The maximum atomic E-state index is 9.74. The van der Waals surface area contributed by atoms with Crippen molar-refractivity contribution in [3.8, 4) is 0 Å². The Labute approximate surface area is 80.0 Å². The molecule has 78 valence electrons. The molecule has 1 saturated carbocycles. The molecule has 0 aromatic heterocycles. The van der Waals surface area contributed by atoms with Gasteiger partial charge in [-0.2, -0.15) is 0 Å². The van der Waals surface area contributed by atoms with Gasteiger partial charge in [0.05, 0.1) is 12.7 Å². The summed E-state index contributed by atoms with van der Waals surface area (Å²) in [6.45, 7) is -0.466. The fourth-order valence-electron chi connectivity index (χ4n) is 1.64. The van der Waals surface area contributed by atoms with Crippen molar-refractivity contribution in [3.63, 3.8) is 0 Å². The molecule has 1 aliphatic carbocycles. The third kappa shape index (κ3) is 1.38. The van der Waals surface area contributed by atoms with Gasteiger partial charge in [0, 0.05) is 5.92 Å². The molecule has 6 heteroatoms. The highest BCUT2D eigenvalue weighted by molar-refractivity contribution is 7.99. The first-order valence-electron chi connectivity index (χ1n) is 3.90. The highest BCUT2D eigenvalue weighted by atomic mass is 32.2. The number of aliphatic hydroxyl groups is 5. The number of rotatable bonds is 3. The van der Waals surface area contributed by atoms with Crippen LogP contribution in [0.2, 0.25) is 0 Å². The Morgan fingerprint density at radius 3 is 2.38 bits per heavy atom. The summed E-state index contributed by atoms with van der Waals surface area (Å²) >= 11 is 0.956. The number of hydrogen-bond acceptors (Lipinski definition) is 6. The first-order valence-corrected chi connectivity index (χ1v) is 5.19. The lowest BCUT2D eigenvalue weighted by molar-refractivity contribution is -0.286. The maximum Gasteiger partial charge on any atom is 0.136 e. The molecule has 5 N–H and O–H groups in total. The van der Waals surface area contributed by atoms with E-state index in [0.29, 0.717) is 0 Å². The van der Waals surface area contributed by atoms with Crippen molar-refractivity contribution in [2.75, 3.05) is 12.9 Å². The Morgan fingerprint density at radius 2 is 2.00 bits per heavy atom. The summed E-state index contributed by atoms with van der Waals surface area (Å²) in [4.78, 5) is 0. The zero-order chi connectivity index (χ0) is 10.2. The van der Waals surface area contributed by atoms with E-state index in [-0.39, 0.29) is 0 Å². The van der Waals surface area contributed by atoms with Crippen LogP contribution in [-0.4, -0.2) is 61.6 Å². The predicted molar refractivity (Wildman–Crippen MR) is 47.1 cm³/mol. The molecule has 0 amide bonds. The van der Waals surface area contributed by atoms with Crippen molar-refractivity contribution in [1.82, 2.24) is 0 Å². The lowest BCUT2D eigenvalue weighted by Crippen LogP contribution is -2.74. The Morgan fingerprint density at radius 1 is 1.46 bits per heavy atom. The predicted octanol–water partition coefficient (Wildman–Crippen LogP) is -2.26. The van der Waals surface area contributed by atoms with Gasteiger partial charge in [0.2, 0.25) is 0 Å². The minimum Gasteiger partial charge on any atom is -0.396 e. The highest BCUT2D eigenvalue weighted by Crippen LogP contribution is 2.43. The zero-order valence-corrected chi connectivity index (χ0v) is 7.98. The summed E-state index contributed by atoms with van der Waals surface area (Å²) in [7, 11) is 0. The van der Waals surface area contributed by atoms with Crippen molar-refractivity contribution in [3.05, 3.63) is 0 Å². The van der Waals surface area contributed by atoms with E-state index in [1.807, 2.05) is 0 Å². The smallest absolute Gasteiger partial charge is 0.136 e. The molecular weight excluding hydrogens is 196 g/mol. The van der Waals surface area contributed by atoms with Gasteiger partial charge in [0.25, 0.3) is 0 Å². The molecule has 0 spiro atoms. The summed E-state index contributed by atoms with van der Waals surface area (Å²) in [5, 5.41) is 46.3. The Bertz CT molecular complexity index is 184. The van der Waals surface area contributed by atoms with Crippen molar-refractivity contribution >= 4 is 11.8 Å². The third-order valence-electron chi connectivity index (χ3n) is 2.62. The molecule has 3 unspecified atom stereocenters. The first kappa shape index (κ1) is 11.2. The minimum atomic E-state index is -1.80. The molecule has 13 heavy (non-hydrogen) atoms. The van der Waals surface area contributed by atoms with Gasteiger partial charge in [0.1, 0.15) is 17.1 Å². The summed E-state index contributed by atoms with van der Waals surface area (Å²) < 4.78 is 0. The summed E-state index contributed by atoms with van der Waals surface area (Å²) in [6, 6.07) is 0. The summed E-state index contributed by atoms with van der Waals surface area (Å²) in [5.41, 5.74) is -3.00. The second-order valence-electron chi connectivity index (χ2n) is 3.20. The number of thioether (sulfide) groups is 1. The first-order chi connectivity index (χ1) is 6.00. The summed E-state index contributed by atoms with van der Waals surface area (Å²) in [6.07, 6.45) is -1.00. The average molecular weight is 210 g/mol. The molecule has 0 saturated heterocycles. The van der Waals surface area contributed by atoms with Crippen molar-refractivity contribution < 1.29 is 25.5 Å². The highest BCUT2D eigenvalue weighted by Gasteiger charge is 2.64. The normalized spacial score (nSPS) is 47.1. The van der Waals surface area contributed by atoms with E-state index >= 15 is 0 Å². The van der Waals surface area contributed by atoms with Crippen molar-refractivity contribution in [1.29, 1.82) is 0 Å². The standard InChI is InChI=1S/C7H14O5S/c1-13-6(11)7(12)3(2-8)4(9)5(7)10/h3-6,8-12H,2H2,1H3/t3?,4-,5?,6+,7?/m1/s1. The van der Waals surface area contributed by atoms with E-state index in [1.165, 1.54) is 0 Å². The number of aliphatic hydroxyl groups excluding tert-OH is 4. The van der Waals surface area contributed by atoms with E-state index in [9.17, 15) is 15.3 Å². The molecule has 1 rings (SSSR count). The van der Waals surface area contributed by atoms with Crippen LogP contribution in [0.25, 0.3) is 0 Å². The molecule has 0 aromatic carbocycles. The monoisotopic (exact) mass is 210 g/mol. The molecule has 0 radical (unpaired) electrons. The van der Waals surface area contributed by atoms with Crippen molar-refractivity contribution in [2.45, 2.75) is 23.2 Å². The van der Waals surface area contributed by atoms with Gasteiger partial charge in [-0.25, -0.2) is 0 Å². The third-order valence-corrected chi connectivity index (χ3v) is 3.44. The van der Waals surface area contributed by atoms with Gasteiger partial charge < -0.3 is 25.5 Å². The van der Waals surface area contributed by atoms with Gasteiger partial charge in [-0.1, -0.05) is 0 Å². The van der Waals surface area contributed by atoms with Gasteiger partial charge in [-0.3, -0.25) is 0 Å². The van der Waals surface area contributed by atoms with Crippen LogP contribution < -0.4 is 0 Å². The van der Waals surface area contributed by atoms with Crippen LogP contribution in [-0.2, 0) is 0 Å².